The topological polar surface area (TPSA) is 26.0 Å². The Kier molecular flexibility index (Phi) is 4.70. The van der Waals surface area contributed by atoms with Crippen molar-refractivity contribution in [2.45, 2.75) is 17.9 Å². The van der Waals surface area contributed by atoms with Crippen molar-refractivity contribution < 1.29 is 0 Å². The van der Waals surface area contributed by atoms with E-state index in [9.17, 15) is 0 Å². The van der Waals surface area contributed by atoms with Gasteiger partial charge in [-0.05, 0) is 42.3 Å². The molecule has 0 spiro atoms. The standard InChI is InChI=1S/C15H16ClNS/c1-11-4-2-3-5-14(11)15(17)10-18-13-8-6-12(16)7-9-13/h2-9,15H,10,17H2,1H3. The molecule has 0 saturated carbocycles. The summed E-state index contributed by atoms with van der Waals surface area (Å²) < 4.78 is 0. The van der Waals surface area contributed by atoms with E-state index in [0.29, 0.717) is 0 Å². The van der Waals surface area contributed by atoms with Gasteiger partial charge in [-0.2, -0.15) is 0 Å². The van der Waals surface area contributed by atoms with Gasteiger partial charge >= 0.3 is 0 Å². The van der Waals surface area contributed by atoms with Crippen LogP contribution in [-0.4, -0.2) is 5.75 Å². The zero-order chi connectivity index (χ0) is 13.0. The van der Waals surface area contributed by atoms with E-state index < -0.39 is 0 Å². The first kappa shape index (κ1) is 13.5. The molecule has 94 valence electrons. The molecule has 0 aliphatic carbocycles. The Morgan fingerprint density at radius 2 is 1.78 bits per heavy atom. The van der Waals surface area contributed by atoms with Gasteiger partial charge in [0.25, 0.3) is 0 Å². The van der Waals surface area contributed by atoms with E-state index in [1.807, 2.05) is 36.4 Å². The summed E-state index contributed by atoms with van der Waals surface area (Å²) in [5, 5.41) is 0.766. The van der Waals surface area contributed by atoms with Crippen LogP contribution in [0.3, 0.4) is 0 Å². The van der Waals surface area contributed by atoms with E-state index in [2.05, 4.69) is 19.1 Å². The van der Waals surface area contributed by atoms with Crippen molar-refractivity contribution in [1.82, 2.24) is 0 Å². The van der Waals surface area contributed by atoms with E-state index in [-0.39, 0.29) is 6.04 Å². The molecule has 0 bridgehead atoms. The molecule has 0 saturated heterocycles. The molecule has 2 rings (SSSR count). The third-order valence-electron chi connectivity index (χ3n) is 2.83. The van der Waals surface area contributed by atoms with Gasteiger partial charge in [0.15, 0.2) is 0 Å². The number of nitrogens with two attached hydrogens (primary N) is 1. The van der Waals surface area contributed by atoms with Crippen LogP contribution in [0.25, 0.3) is 0 Å². The van der Waals surface area contributed by atoms with Gasteiger partial charge in [-0.3, -0.25) is 0 Å². The fourth-order valence-electron chi connectivity index (χ4n) is 1.81. The summed E-state index contributed by atoms with van der Waals surface area (Å²) in [7, 11) is 0. The highest BCUT2D eigenvalue weighted by molar-refractivity contribution is 7.99. The van der Waals surface area contributed by atoms with Crippen molar-refractivity contribution in [2.24, 2.45) is 5.73 Å². The Hall–Kier alpha value is -0.960. The third kappa shape index (κ3) is 3.52. The van der Waals surface area contributed by atoms with Crippen LogP contribution in [0.4, 0.5) is 0 Å². The minimum atomic E-state index is 0.0619. The molecule has 1 atom stereocenters. The van der Waals surface area contributed by atoms with E-state index in [4.69, 9.17) is 17.3 Å². The van der Waals surface area contributed by atoms with E-state index in [0.717, 1.165) is 10.8 Å². The minimum Gasteiger partial charge on any atom is -0.323 e. The lowest BCUT2D eigenvalue weighted by molar-refractivity contribution is 0.823. The molecule has 2 N–H and O–H groups in total. The molecule has 2 aromatic rings. The van der Waals surface area contributed by atoms with Crippen LogP contribution in [0, 0.1) is 6.92 Å². The van der Waals surface area contributed by atoms with Crippen molar-refractivity contribution in [3.63, 3.8) is 0 Å². The molecule has 1 unspecified atom stereocenters. The predicted molar refractivity (Wildman–Crippen MR) is 80.3 cm³/mol. The number of halogens is 1. The average Bonchev–Trinajstić information content (AvgIpc) is 2.38. The Morgan fingerprint density at radius 1 is 1.11 bits per heavy atom. The van der Waals surface area contributed by atoms with E-state index >= 15 is 0 Å². The lowest BCUT2D eigenvalue weighted by Gasteiger charge is -2.14. The Labute approximate surface area is 117 Å². The first-order chi connectivity index (χ1) is 8.66. The van der Waals surface area contributed by atoms with Gasteiger partial charge in [-0.15, -0.1) is 11.8 Å². The quantitative estimate of drug-likeness (QED) is 0.836. The second-order valence-electron chi connectivity index (χ2n) is 4.23. The highest BCUT2D eigenvalue weighted by atomic mass is 35.5. The summed E-state index contributed by atoms with van der Waals surface area (Å²) in [4.78, 5) is 1.20. The van der Waals surface area contributed by atoms with Crippen molar-refractivity contribution in [2.75, 3.05) is 5.75 Å². The Morgan fingerprint density at radius 3 is 2.44 bits per heavy atom. The summed E-state index contributed by atoms with van der Waals surface area (Å²) in [6.07, 6.45) is 0. The molecule has 18 heavy (non-hydrogen) atoms. The number of rotatable bonds is 4. The van der Waals surface area contributed by atoms with Gasteiger partial charge in [-0.1, -0.05) is 35.9 Å². The summed E-state index contributed by atoms with van der Waals surface area (Å²) in [5.41, 5.74) is 8.70. The van der Waals surface area contributed by atoms with E-state index in [1.54, 1.807) is 11.8 Å². The Bertz CT molecular complexity index is 510. The van der Waals surface area contributed by atoms with Crippen molar-refractivity contribution >= 4 is 23.4 Å². The summed E-state index contributed by atoms with van der Waals surface area (Å²) in [5.74, 6) is 0.868. The SMILES string of the molecule is Cc1ccccc1C(N)CSc1ccc(Cl)cc1. The zero-order valence-electron chi connectivity index (χ0n) is 10.3. The van der Waals surface area contributed by atoms with Crippen molar-refractivity contribution in [3.8, 4) is 0 Å². The molecular weight excluding hydrogens is 262 g/mol. The monoisotopic (exact) mass is 277 g/mol. The third-order valence-corrected chi connectivity index (χ3v) is 4.21. The van der Waals surface area contributed by atoms with Gasteiger partial charge in [0.2, 0.25) is 0 Å². The second-order valence-corrected chi connectivity index (χ2v) is 5.76. The van der Waals surface area contributed by atoms with Crippen LogP contribution in [0.15, 0.2) is 53.4 Å². The van der Waals surface area contributed by atoms with Crippen LogP contribution in [-0.2, 0) is 0 Å². The molecule has 0 aliphatic heterocycles. The van der Waals surface area contributed by atoms with Crippen molar-refractivity contribution in [3.05, 3.63) is 64.7 Å². The molecule has 0 heterocycles. The minimum absolute atomic E-state index is 0.0619. The zero-order valence-corrected chi connectivity index (χ0v) is 11.8. The summed E-state index contributed by atoms with van der Waals surface area (Å²) in [6.45, 7) is 2.10. The normalized spacial score (nSPS) is 12.4. The maximum absolute atomic E-state index is 6.23. The van der Waals surface area contributed by atoms with E-state index in [1.165, 1.54) is 16.0 Å². The van der Waals surface area contributed by atoms with Gasteiger partial charge in [0.05, 0.1) is 0 Å². The maximum atomic E-state index is 6.23. The average molecular weight is 278 g/mol. The fraction of sp³-hybridized carbons (Fsp3) is 0.200. The van der Waals surface area contributed by atoms with Crippen LogP contribution in [0.1, 0.15) is 17.2 Å². The smallest absolute Gasteiger partial charge is 0.0406 e. The summed E-state index contributed by atoms with van der Waals surface area (Å²) >= 11 is 7.61. The summed E-state index contributed by atoms with van der Waals surface area (Å²) in [6, 6.07) is 16.2. The van der Waals surface area contributed by atoms with Gasteiger partial charge in [0.1, 0.15) is 0 Å². The molecule has 2 aromatic carbocycles. The van der Waals surface area contributed by atoms with Gasteiger partial charge in [-0.25, -0.2) is 0 Å². The molecule has 3 heteroatoms. The van der Waals surface area contributed by atoms with Gasteiger partial charge in [0, 0.05) is 21.7 Å². The lowest BCUT2D eigenvalue weighted by atomic mass is 10.0. The molecular formula is C15H16ClNS. The molecule has 0 fully saturated rings. The number of hydrogen-bond donors (Lipinski definition) is 1. The lowest BCUT2D eigenvalue weighted by Crippen LogP contribution is -2.14. The van der Waals surface area contributed by atoms with Crippen LogP contribution < -0.4 is 5.73 Å². The van der Waals surface area contributed by atoms with Crippen LogP contribution >= 0.6 is 23.4 Å². The van der Waals surface area contributed by atoms with Gasteiger partial charge < -0.3 is 5.73 Å². The second kappa shape index (κ2) is 6.28. The molecule has 0 aromatic heterocycles. The molecule has 0 amide bonds. The number of hydrogen-bond acceptors (Lipinski definition) is 2. The molecule has 0 radical (unpaired) electrons. The van der Waals surface area contributed by atoms with Crippen LogP contribution in [0.2, 0.25) is 5.02 Å². The first-order valence-corrected chi connectivity index (χ1v) is 7.22. The number of benzene rings is 2. The Balaban J connectivity index is 1.98. The highest BCUT2D eigenvalue weighted by Gasteiger charge is 2.08. The highest BCUT2D eigenvalue weighted by Crippen LogP contribution is 2.25. The fourth-order valence-corrected chi connectivity index (χ4v) is 2.82. The number of thioether (sulfide) groups is 1. The maximum Gasteiger partial charge on any atom is 0.0406 e. The largest absolute Gasteiger partial charge is 0.323 e. The number of aryl methyl sites for hydroxylation is 1. The predicted octanol–water partition coefficient (Wildman–Crippen LogP) is 4.44. The molecule has 1 nitrogen and oxygen atoms in total. The first-order valence-electron chi connectivity index (χ1n) is 5.86. The van der Waals surface area contributed by atoms with Crippen LogP contribution in [0.5, 0.6) is 0 Å². The molecule has 0 aliphatic rings. The van der Waals surface area contributed by atoms with Crippen molar-refractivity contribution in [1.29, 1.82) is 0 Å².